The number of esters is 3. The van der Waals surface area contributed by atoms with Crippen LogP contribution in [0.15, 0.2) is 170 Å². The van der Waals surface area contributed by atoms with Gasteiger partial charge in [-0.2, -0.15) is 0 Å². The lowest BCUT2D eigenvalue weighted by Gasteiger charge is -2.18. The zero-order valence-corrected chi connectivity index (χ0v) is 40.7. The van der Waals surface area contributed by atoms with E-state index >= 15 is 0 Å². The van der Waals surface area contributed by atoms with Gasteiger partial charge in [-0.1, -0.05) is 210 Å². The lowest BCUT2D eigenvalue weighted by molar-refractivity contribution is -0.167. The summed E-state index contributed by atoms with van der Waals surface area (Å²) >= 11 is 0. The van der Waals surface area contributed by atoms with Gasteiger partial charge in [0.2, 0.25) is 0 Å². The summed E-state index contributed by atoms with van der Waals surface area (Å²) in [5.41, 5.74) is 0. The highest BCUT2D eigenvalue weighted by atomic mass is 16.6. The Morgan fingerprint density at radius 1 is 0.323 bits per heavy atom. The van der Waals surface area contributed by atoms with Crippen LogP contribution in [0.3, 0.4) is 0 Å². The van der Waals surface area contributed by atoms with Crippen LogP contribution in [0.4, 0.5) is 0 Å². The van der Waals surface area contributed by atoms with Crippen molar-refractivity contribution in [2.75, 3.05) is 13.2 Å². The molecule has 0 heterocycles. The molecule has 6 heteroatoms. The minimum Gasteiger partial charge on any atom is -0.462 e. The predicted molar refractivity (Wildman–Crippen MR) is 278 cm³/mol. The molecule has 358 valence electrons. The zero-order chi connectivity index (χ0) is 47.2. The second-order valence-corrected chi connectivity index (χ2v) is 15.4. The summed E-state index contributed by atoms with van der Waals surface area (Å²) in [4.78, 5) is 37.9. The Balaban J connectivity index is 4.62. The highest BCUT2D eigenvalue weighted by Gasteiger charge is 2.19. The topological polar surface area (TPSA) is 78.9 Å². The molecule has 0 aromatic heterocycles. The molecule has 0 aliphatic rings. The average Bonchev–Trinajstić information content (AvgIpc) is 3.30. The van der Waals surface area contributed by atoms with E-state index in [1.807, 2.05) is 85.1 Å². The monoisotopic (exact) mass is 891 g/mol. The van der Waals surface area contributed by atoms with Crippen LogP contribution in [-0.4, -0.2) is 37.2 Å². The minimum atomic E-state index is -0.839. The molecule has 0 radical (unpaired) electrons. The van der Waals surface area contributed by atoms with Crippen molar-refractivity contribution in [1.29, 1.82) is 0 Å². The maximum atomic E-state index is 12.8. The van der Waals surface area contributed by atoms with E-state index in [1.54, 1.807) is 0 Å². The summed E-state index contributed by atoms with van der Waals surface area (Å²) in [7, 11) is 0. The summed E-state index contributed by atoms with van der Waals surface area (Å²) in [6.45, 7) is 6.10. The van der Waals surface area contributed by atoms with Gasteiger partial charge < -0.3 is 14.2 Å². The van der Waals surface area contributed by atoms with Gasteiger partial charge >= 0.3 is 17.9 Å². The first kappa shape index (κ1) is 59.8. The summed E-state index contributed by atoms with van der Waals surface area (Å²) in [6.07, 6.45) is 76.2. The molecule has 6 nitrogen and oxygen atoms in total. The van der Waals surface area contributed by atoms with Crippen molar-refractivity contribution in [2.24, 2.45) is 0 Å². The summed E-state index contributed by atoms with van der Waals surface area (Å²) in [5.74, 6) is -1.07. The molecule has 0 N–H and O–H groups in total. The third-order valence-electron chi connectivity index (χ3n) is 9.42. The molecule has 0 aromatic carbocycles. The van der Waals surface area contributed by atoms with Gasteiger partial charge in [0.25, 0.3) is 0 Å². The number of hydrogen-bond acceptors (Lipinski definition) is 6. The molecule has 0 aliphatic heterocycles. The Morgan fingerprint density at radius 2 is 0.631 bits per heavy atom. The molecule has 0 rings (SSSR count). The van der Waals surface area contributed by atoms with Crippen LogP contribution in [-0.2, 0) is 28.6 Å². The largest absolute Gasteiger partial charge is 0.462 e. The van der Waals surface area contributed by atoms with Crippen molar-refractivity contribution < 1.29 is 28.6 Å². The van der Waals surface area contributed by atoms with E-state index in [0.29, 0.717) is 19.3 Å². The van der Waals surface area contributed by atoms with Gasteiger partial charge in [0.15, 0.2) is 6.10 Å². The van der Waals surface area contributed by atoms with E-state index in [2.05, 4.69) is 106 Å². The molecule has 1 atom stereocenters. The lowest BCUT2D eigenvalue weighted by Crippen LogP contribution is -2.30. The number of carbonyl (C=O) groups excluding carboxylic acids is 3. The number of unbranched alkanes of at least 4 members (excludes halogenated alkanes) is 9. The Bertz CT molecular complexity index is 1590. The molecule has 0 saturated heterocycles. The Morgan fingerprint density at radius 3 is 1.02 bits per heavy atom. The average molecular weight is 891 g/mol. The Hall–Kier alpha value is -5.23. The van der Waals surface area contributed by atoms with Crippen LogP contribution in [0.25, 0.3) is 0 Å². The quantitative estimate of drug-likeness (QED) is 0.0200. The summed E-state index contributed by atoms with van der Waals surface area (Å²) in [6, 6.07) is 0. The Kier molecular flexibility index (Phi) is 47.3. The van der Waals surface area contributed by atoms with Crippen molar-refractivity contribution in [3.8, 4) is 0 Å². The fraction of sp³-hybridized carbons (Fsp3) is 0.475. The first-order chi connectivity index (χ1) is 32.0. The van der Waals surface area contributed by atoms with E-state index in [4.69, 9.17) is 14.2 Å². The van der Waals surface area contributed by atoms with Crippen molar-refractivity contribution in [1.82, 2.24) is 0 Å². The molecule has 0 aliphatic carbocycles. The van der Waals surface area contributed by atoms with Crippen molar-refractivity contribution >= 4 is 17.9 Å². The Labute approximate surface area is 396 Å². The molecule has 65 heavy (non-hydrogen) atoms. The third-order valence-corrected chi connectivity index (χ3v) is 9.42. The fourth-order valence-electron chi connectivity index (χ4n) is 5.79. The fourth-order valence-corrected chi connectivity index (χ4v) is 5.79. The molecular weight excluding hydrogens is 805 g/mol. The highest BCUT2D eigenvalue weighted by molar-refractivity contribution is 5.71. The SMILES string of the molecule is CC\C=C/C=C\C=C/C=C\C=C/CCCCCC(=O)OC(COC(=O)CCCCC\C=C/C=C\C=C/C=C\CC)COC(=O)CCCCC/C=C\C/C=C\C/C=C\C/C=C\C/C=C\CC. The van der Waals surface area contributed by atoms with Gasteiger partial charge in [0.1, 0.15) is 13.2 Å². The second-order valence-electron chi connectivity index (χ2n) is 15.4. The first-order valence-corrected chi connectivity index (χ1v) is 24.8. The van der Waals surface area contributed by atoms with Gasteiger partial charge in [-0.3, -0.25) is 14.4 Å². The van der Waals surface area contributed by atoms with E-state index in [1.165, 1.54) is 0 Å². The molecule has 0 aromatic rings. The second kappa shape index (κ2) is 51.4. The van der Waals surface area contributed by atoms with Crippen LogP contribution >= 0.6 is 0 Å². The number of allylic oxidation sites excluding steroid dienone is 28. The molecule has 0 saturated carbocycles. The standard InChI is InChI=1S/C59H86O6/c1-4-7-10-13-16-19-22-25-27-28-29-30-32-34-37-40-43-46-49-52-58(61)64-55-56(54-63-57(60)51-48-45-42-39-36-33-24-21-18-15-12-9-6-3)65-59(62)53-50-47-44-41-38-35-31-26-23-20-17-14-11-8-5-2/h7-12,14-21,23-27,29-31,33-38,56H,4-6,13,22,28,32,39-55H2,1-3H3/b10-7-,11-8-,12-9-,17-14-,18-15-,19-16-,23-20-,24-21-,27-25-,30-29-,31-26-,36-33-,37-34-,38-35-. The lowest BCUT2D eigenvalue weighted by atomic mass is 10.1. The summed E-state index contributed by atoms with van der Waals surface area (Å²) < 4.78 is 16.7. The van der Waals surface area contributed by atoms with Gasteiger partial charge in [-0.15, -0.1) is 0 Å². The number of ether oxygens (including phenoxy) is 3. The predicted octanol–water partition coefficient (Wildman–Crippen LogP) is 16.4. The van der Waals surface area contributed by atoms with E-state index in [9.17, 15) is 14.4 Å². The summed E-state index contributed by atoms with van der Waals surface area (Å²) in [5, 5.41) is 0. The normalized spacial score (nSPS) is 13.6. The van der Waals surface area contributed by atoms with Gasteiger partial charge in [-0.25, -0.2) is 0 Å². The van der Waals surface area contributed by atoms with E-state index < -0.39 is 6.10 Å². The smallest absolute Gasteiger partial charge is 0.306 e. The van der Waals surface area contributed by atoms with Crippen molar-refractivity contribution in [2.45, 2.75) is 168 Å². The van der Waals surface area contributed by atoms with E-state index in [-0.39, 0.29) is 44.0 Å². The van der Waals surface area contributed by atoms with E-state index in [0.717, 1.165) is 109 Å². The molecule has 0 amide bonds. The first-order valence-electron chi connectivity index (χ1n) is 24.8. The van der Waals surface area contributed by atoms with Gasteiger partial charge in [0, 0.05) is 19.3 Å². The maximum absolute atomic E-state index is 12.8. The van der Waals surface area contributed by atoms with Crippen molar-refractivity contribution in [3.63, 3.8) is 0 Å². The minimum absolute atomic E-state index is 0.135. The van der Waals surface area contributed by atoms with Crippen LogP contribution in [0.2, 0.25) is 0 Å². The molecule has 1 unspecified atom stereocenters. The highest BCUT2D eigenvalue weighted by Crippen LogP contribution is 2.11. The van der Waals surface area contributed by atoms with Crippen molar-refractivity contribution in [3.05, 3.63) is 170 Å². The van der Waals surface area contributed by atoms with Gasteiger partial charge in [-0.05, 0) is 103 Å². The molecule has 0 spiro atoms. The molecule has 0 bridgehead atoms. The van der Waals surface area contributed by atoms with Crippen LogP contribution in [0, 0.1) is 0 Å². The van der Waals surface area contributed by atoms with Crippen LogP contribution in [0.5, 0.6) is 0 Å². The van der Waals surface area contributed by atoms with Gasteiger partial charge in [0.05, 0.1) is 0 Å². The number of rotatable bonds is 41. The number of hydrogen-bond donors (Lipinski definition) is 0. The van der Waals surface area contributed by atoms with Crippen LogP contribution in [0.1, 0.15) is 162 Å². The number of carbonyl (C=O) groups is 3. The molecular formula is C59H86O6. The third kappa shape index (κ3) is 49.6. The molecule has 0 fully saturated rings. The van der Waals surface area contributed by atoms with Crippen LogP contribution < -0.4 is 0 Å². The zero-order valence-electron chi connectivity index (χ0n) is 40.7. The maximum Gasteiger partial charge on any atom is 0.306 e.